The summed E-state index contributed by atoms with van der Waals surface area (Å²) in [6.45, 7) is 0.575. The number of pyridine rings is 1. The van der Waals surface area contributed by atoms with Crippen LogP contribution in [0.4, 0.5) is 5.69 Å². The van der Waals surface area contributed by atoms with E-state index < -0.39 is 11.9 Å². The minimum atomic E-state index is -1.08. The maximum absolute atomic E-state index is 12.4. The molecular formula is C18H17ClN2O5. The van der Waals surface area contributed by atoms with Gasteiger partial charge in [0.25, 0.3) is 5.91 Å². The summed E-state index contributed by atoms with van der Waals surface area (Å²) in [5.41, 5.74) is 0.646. The number of anilines is 1. The maximum atomic E-state index is 12.4. The third-order valence-electron chi connectivity index (χ3n) is 3.92. The Kier molecular flexibility index (Phi) is 5.27. The number of ether oxygens (including phenoxy) is 2. The average Bonchev–Trinajstić information content (AvgIpc) is 3.45. The molecular weight excluding hydrogens is 360 g/mol. The normalized spacial score (nSPS) is 13.2. The van der Waals surface area contributed by atoms with Gasteiger partial charge in [-0.05, 0) is 43.0 Å². The van der Waals surface area contributed by atoms with Gasteiger partial charge in [-0.15, -0.1) is 0 Å². The first-order chi connectivity index (χ1) is 12.5. The van der Waals surface area contributed by atoms with Crippen LogP contribution in [-0.4, -0.2) is 35.7 Å². The number of nitrogens with zero attached hydrogens (tertiary/aromatic N) is 1. The van der Waals surface area contributed by atoms with Crippen LogP contribution in [0.15, 0.2) is 30.5 Å². The number of hydrogen-bond donors (Lipinski definition) is 2. The van der Waals surface area contributed by atoms with Gasteiger partial charge >= 0.3 is 5.97 Å². The van der Waals surface area contributed by atoms with Crippen molar-refractivity contribution in [1.29, 1.82) is 0 Å². The molecule has 1 amide bonds. The van der Waals surface area contributed by atoms with Crippen molar-refractivity contribution in [2.45, 2.75) is 12.8 Å². The van der Waals surface area contributed by atoms with Crippen LogP contribution in [0.3, 0.4) is 0 Å². The van der Waals surface area contributed by atoms with Crippen molar-refractivity contribution < 1.29 is 24.2 Å². The number of halogens is 1. The largest absolute Gasteiger partial charge is 0.495 e. The molecule has 1 aromatic carbocycles. The Hall–Kier alpha value is -2.80. The molecule has 1 heterocycles. The Morgan fingerprint density at radius 3 is 2.69 bits per heavy atom. The van der Waals surface area contributed by atoms with E-state index in [-0.39, 0.29) is 21.9 Å². The van der Waals surface area contributed by atoms with E-state index in [0.717, 1.165) is 12.8 Å². The molecule has 8 heteroatoms. The van der Waals surface area contributed by atoms with Gasteiger partial charge in [0.05, 0.1) is 30.5 Å². The van der Waals surface area contributed by atoms with Gasteiger partial charge in [0.2, 0.25) is 5.88 Å². The number of carbonyl (C=O) groups excluding carboxylic acids is 1. The third-order valence-corrected chi connectivity index (χ3v) is 4.19. The van der Waals surface area contributed by atoms with Crippen LogP contribution in [0.5, 0.6) is 11.6 Å². The summed E-state index contributed by atoms with van der Waals surface area (Å²) in [6.07, 6.45) is 3.68. The predicted octanol–water partition coefficient (Wildman–Crippen LogP) is 3.48. The molecule has 0 saturated heterocycles. The Morgan fingerprint density at radius 2 is 2.08 bits per heavy atom. The fraction of sp³-hybridized carbons (Fsp3) is 0.278. The van der Waals surface area contributed by atoms with Crippen LogP contribution in [0, 0.1) is 5.92 Å². The van der Waals surface area contributed by atoms with Gasteiger partial charge < -0.3 is 19.9 Å². The number of rotatable bonds is 7. The molecule has 0 aliphatic heterocycles. The maximum Gasteiger partial charge on any atom is 0.335 e. The van der Waals surface area contributed by atoms with E-state index in [1.807, 2.05) is 0 Å². The topological polar surface area (TPSA) is 97.8 Å². The van der Waals surface area contributed by atoms with Crippen LogP contribution in [0.1, 0.15) is 33.6 Å². The van der Waals surface area contributed by atoms with E-state index in [0.29, 0.717) is 24.1 Å². The summed E-state index contributed by atoms with van der Waals surface area (Å²) in [5, 5.41) is 11.9. The number of amides is 1. The number of hydrogen-bond acceptors (Lipinski definition) is 5. The molecule has 1 fully saturated rings. The second-order valence-corrected chi connectivity index (χ2v) is 6.35. The Morgan fingerprint density at radius 1 is 1.31 bits per heavy atom. The number of benzene rings is 1. The van der Waals surface area contributed by atoms with Gasteiger partial charge in [0.15, 0.2) is 0 Å². The van der Waals surface area contributed by atoms with E-state index in [2.05, 4.69) is 10.3 Å². The van der Waals surface area contributed by atoms with Gasteiger partial charge in [-0.1, -0.05) is 11.6 Å². The lowest BCUT2D eigenvalue weighted by atomic mass is 10.1. The third kappa shape index (κ3) is 4.23. The molecule has 0 radical (unpaired) electrons. The van der Waals surface area contributed by atoms with Gasteiger partial charge in [0.1, 0.15) is 10.8 Å². The molecule has 0 spiro atoms. The SMILES string of the molecule is COc1cc(C(=O)O)ccc1NC(=O)c1cnc(OCC2CC2)c(Cl)c1. The average molecular weight is 377 g/mol. The smallest absolute Gasteiger partial charge is 0.335 e. The molecule has 2 aromatic rings. The van der Waals surface area contributed by atoms with Crippen LogP contribution in [-0.2, 0) is 0 Å². The first-order valence-electron chi connectivity index (χ1n) is 7.99. The fourth-order valence-electron chi connectivity index (χ4n) is 2.26. The molecule has 0 atom stereocenters. The van der Waals surface area contributed by atoms with Crippen LogP contribution in [0.25, 0.3) is 0 Å². The fourth-order valence-corrected chi connectivity index (χ4v) is 2.48. The minimum Gasteiger partial charge on any atom is -0.495 e. The number of aromatic carboxylic acids is 1. The van der Waals surface area contributed by atoms with Crippen molar-refractivity contribution in [3.8, 4) is 11.6 Å². The van der Waals surface area contributed by atoms with Gasteiger partial charge in [-0.3, -0.25) is 4.79 Å². The number of methoxy groups -OCH3 is 1. The van der Waals surface area contributed by atoms with E-state index in [9.17, 15) is 9.59 Å². The highest BCUT2D eigenvalue weighted by Crippen LogP contribution is 2.31. The van der Waals surface area contributed by atoms with Crippen molar-refractivity contribution in [3.05, 3.63) is 46.6 Å². The molecule has 1 saturated carbocycles. The number of aromatic nitrogens is 1. The van der Waals surface area contributed by atoms with Crippen molar-refractivity contribution in [1.82, 2.24) is 4.98 Å². The molecule has 3 rings (SSSR count). The minimum absolute atomic E-state index is 0.0572. The van der Waals surface area contributed by atoms with E-state index >= 15 is 0 Å². The second kappa shape index (κ2) is 7.61. The van der Waals surface area contributed by atoms with Crippen molar-refractivity contribution in [2.75, 3.05) is 19.0 Å². The van der Waals surface area contributed by atoms with Gasteiger partial charge in [-0.2, -0.15) is 0 Å². The number of carbonyl (C=O) groups is 2. The molecule has 0 unspecified atom stereocenters. The van der Waals surface area contributed by atoms with Gasteiger partial charge in [0, 0.05) is 6.20 Å². The number of carboxylic acid groups (broad SMARTS) is 1. The van der Waals surface area contributed by atoms with Crippen molar-refractivity contribution >= 4 is 29.2 Å². The summed E-state index contributed by atoms with van der Waals surface area (Å²) in [5.74, 6) is -0.425. The standard InChI is InChI=1S/C18H17ClN2O5/c1-25-15-7-11(18(23)24)4-5-14(15)21-16(22)12-6-13(19)17(20-8-12)26-9-10-2-3-10/h4-8,10H,2-3,9H2,1H3,(H,21,22)(H,23,24). The highest BCUT2D eigenvalue weighted by atomic mass is 35.5. The van der Waals surface area contributed by atoms with Crippen LogP contribution >= 0.6 is 11.6 Å². The molecule has 2 N–H and O–H groups in total. The second-order valence-electron chi connectivity index (χ2n) is 5.94. The summed E-state index contributed by atoms with van der Waals surface area (Å²) in [7, 11) is 1.39. The molecule has 26 heavy (non-hydrogen) atoms. The zero-order chi connectivity index (χ0) is 18.7. The monoisotopic (exact) mass is 376 g/mol. The first-order valence-corrected chi connectivity index (χ1v) is 8.36. The van der Waals surface area contributed by atoms with Crippen LogP contribution < -0.4 is 14.8 Å². The quantitative estimate of drug-likeness (QED) is 0.767. The molecule has 1 aliphatic carbocycles. The summed E-state index contributed by atoms with van der Waals surface area (Å²) in [4.78, 5) is 27.5. The summed E-state index contributed by atoms with van der Waals surface area (Å²) >= 11 is 6.14. The molecule has 136 valence electrons. The Balaban J connectivity index is 1.73. The van der Waals surface area contributed by atoms with Crippen molar-refractivity contribution in [3.63, 3.8) is 0 Å². The Labute approximate surface area is 154 Å². The first kappa shape index (κ1) is 18.0. The zero-order valence-corrected chi connectivity index (χ0v) is 14.7. The van der Waals surface area contributed by atoms with E-state index in [1.54, 1.807) is 0 Å². The summed E-state index contributed by atoms with van der Waals surface area (Å²) in [6, 6.07) is 5.64. The molecule has 1 aromatic heterocycles. The van der Waals surface area contributed by atoms with Gasteiger partial charge in [-0.25, -0.2) is 9.78 Å². The number of nitrogens with one attached hydrogen (secondary N) is 1. The van der Waals surface area contributed by atoms with E-state index in [1.165, 1.54) is 37.6 Å². The zero-order valence-electron chi connectivity index (χ0n) is 14.0. The number of carboxylic acids is 1. The molecule has 0 bridgehead atoms. The molecule has 7 nitrogen and oxygen atoms in total. The van der Waals surface area contributed by atoms with Crippen LogP contribution in [0.2, 0.25) is 5.02 Å². The van der Waals surface area contributed by atoms with Crippen molar-refractivity contribution in [2.24, 2.45) is 5.92 Å². The predicted molar refractivity (Wildman–Crippen MR) is 95.4 cm³/mol. The summed E-state index contributed by atoms with van der Waals surface area (Å²) < 4.78 is 10.7. The molecule has 1 aliphatic rings. The van der Waals surface area contributed by atoms with E-state index in [4.69, 9.17) is 26.2 Å². The lowest BCUT2D eigenvalue weighted by Crippen LogP contribution is -2.14. The lowest BCUT2D eigenvalue weighted by Gasteiger charge is -2.12. The lowest BCUT2D eigenvalue weighted by molar-refractivity contribution is 0.0696. The Bertz CT molecular complexity index is 851. The highest BCUT2D eigenvalue weighted by Gasteiger charge is 2.23. The highest BCUT2D eigenvalue weighted by molar-refractivity contribution is 6.32.